The molecule has 0 fully saturated rings. The van der Waals surface area contributed by atoms with Crippen LogP contribution in [0.3, 0.4) is 0 Å². The van der Waals surface area contributed by atoms with Gasteiger partial charge in [-0.25, -0.2) is 15.2 Å². The van der Waals surface area contributed by atoms with Crippen LogP contribution in [0, 0.1) is 6.92 Å². The SMILES string of the molecule is Cc1cccc(CNN(O)Cc2cccc(C(=O)O)n2)n1. The van der Waals surface area contributed by atoms with Gasteiger partial charge in [0.15, 0.2) is 0 Å². The minimum absolute atomic E-state index is 0.0544. The van der Waals surface area contributed by atoms with E-state index in [-0.39, 0.29) is 12.2 Å². The van der Waals surface area contributed by atoms with E-state index >= 15 is 0 Å². The second kappa shape index (κ2) is 6.89. The average molecular weight is 288 g/mol. The highest BCUT2D eigenvalue weighted by Crippen LogP contribution is 2.03. The molecule has 0 saturated carbocycles. The van der Waals surface area contributed by atoms with Gasteiger partial charge in [-0.05, 0) is 31.2 Å². The molecule has 7 heteroatoms. The highest BCUT2D eigenvalue weighted by Gasteiger charge is 2.08. The highest BCUT2D eigenvalue weighted by molar-refractivity contribution is 5.85. The van der Waals surface area contributed by atoms with E-state index in [1.807, 2.05) is 25.1 Å². The Balaban J connectivity index is 1.91. The molecule has 0 saturated heterocycles. The third kappa shape index (κ3) is 4.60. The number of pyridine rings is 2. The van der Waals surface area contributed by atoms with E-state index in [1.54, 1.807) is 12.1 Å². The van der Waals surface area contributed by atoms with E-state index in [1.165, 1.54) is 6.07 Å². The van der Waals surface area contributed by atoms with E-state index in [4.69, 9.17) is 5.11 Å². The number of hydrogen-bond donors (Lipinski definition) is 3. The first-order valence-corrected chi connectivity index (χ1v) is 6.36. The molecule has 0 aromatic carbocycles. The molecular formula is C14H16N4O3. The summed E-state index contributed by atoms with van der Waals surface area (Å²) in [5, 5.41) is 19.5. The minimum Gasteiger partial charge on any atom is -0.477 e. The molecule has 0 amide bonds. The molecule has 0 bridgehead atoms. The van der Waals surface area contributed by atoms with E-state index in [9.17, 15) is 10.0 Å². The molecule has 0 radical (unpaired) electrons. The number of nitrogens with zero attached hydrogens (tertiary/aromatic N) is 3. The van der Waals surface area contributed by atoms with Gasteiger partial charge in [-0.1, -0.05) is 12.1 Å². The second-order valence-electron chi connectivity index (χ2n) is 4.48. The van der Waals surface area contributed by atoms with E-state index in [0.29, 0.717) is 12.2 Å². The fourth-order valence-corrected chi connectivity index (χ4v) is 1.77. The number of hydrogen-bond acceptors (Lipinski definition) is 6. The van der Waals surface area contributed by atoms with Crippen LogP contribution in [-0.2, 0) is 13.1 Å². The largest absolute Gasteiger partial charge is 0.477 e. The van der Waals surface area contributed by atoms with Crippen LogP contribution in [0.4, 0.5) is 0 Å². The molecule has 2 heterocycles. The van der Waals surface area contributed by atoms with Gasteiger partial charge in [-0.3, -0.25) is 10.2 Å². The molecule has 0 aliphatic heterocycles. The van der Waals surface area contributed by atoms with Crippen molar-refractivity contribution in [3.8, 4) is 0 Å². The molecule has 0 spiro atoms. The lowest BCUT2D eigenvalue weighted by Gasteiger charge is -2.15. The van der Waals surface area contributed by atoms with Gasteiger partial charge in [-0.15, -0.1) is 5.17 Å². The lowest BCUT2D eigenvalue weighted by Crippen LogP contribution is -2.34. The standard InChI is InChI=1S/C14H16N4O3/c1-10-4-2-5-11(16-10)8-15-18(21)9-12-6-3-7-13(17-12)14(19)20/h2-7,15,21H,8-9H2,1H3,(H,19,20). The van der Waals surface area contributed by atoms with Gasteiger partial charge in [0, 0.05) is 5.69 Å². The predicted octanol–water partition coefficient (Wildman–Crippen LogP) is 1.38. The summed E-state index contributed by atoms with van der Waals surface area (Å²) >= 11 is 0. The number of aromatic nitrogens is 2. The molecule has 0 aliphatic rings. The summed E-state index contributed by atoms with van der Waals surface area (Å²) in [5.74, 6) is -1.10. The summed E-state index contributed by atoms with van der Waals surface area (Å²) in [6, 6.07) is 10.2. The summed E-state index contributed by atoms with van der Waals surface area (Å²) in [6.07, 6.45) is 0. The first-order valence-electron chi connectivity index (χ1n) is 6.36. The van der Waals surface area contributed by atoms with Crippen molar-refractivity contribution in [1.82, 2.24) is 20.6 Å². The zero-order valence-electron chi connectivity index (χ0n) is 11.5. The first kappa shape index (κ1) is 15.0. The number of carboxylic acid groups (broad SMARTS) is 1. The number of nitrogens with one attached hydrogen (secondary N) is 1. The molecule has 21 heavy (non-hydrogen) atoms. The van der Waals surface area contributed by atoms with Crippen molar-refractivity contribution < 1.29 is 15.1 Å². The molecule has 7 nitrogen and oxygen atoms in total. The summed E-state index contributed by atoms with van der Waals surface area (Å²) in [7, 11) is 0. The average Bonchev–Trinajstić information content (AvgIpc) is 2.45. The van der Waals surface area contributed by atoms with Crippen molar-refractivity contribution in [2.24, 2.45) is 0 Å². The van der Waals surface area contributed by atoms with Crippen LogP contribution in [0.5, 0.6) is 0 Å². The van der Waals surface area contributed by atoms with Gasteiger partial charge in [0.25, 0.3) is 0 Å². The van der Waals surface area contributed by atoms with E-state index < -0.39 is 5.97 Å². The molecule has 3 N–H and O–H groups in total. The number of hydrazine groups is 1. The number of carboxylic acids is 1. The van der Waals surface area contributed by atoms with Crippen LogP contribution in [0.25, 0.3) is 0 Å². The van der Waals surface area contributed by atoms with Crippen LogP contribution < -0.4 is 5.43 Å². The monoisotopic (exact) mass is 288 g/mol. The van der Waals surface area contributed by atoms with E-state index in [2.05, 4.69) is 15.4 Å². The molecule has 0 unspecified atom stereocenters. The quantitative estimate of drug-likeness (QED) is 0.691. The van der Waals surface area contributed by atoms with Crippen molar-refractivity contribution >= 4 is 5.97 Å². The van der Waals surface area contributed by atoms with Crippen LogP contribution >= 0.6 is 0 Å². The normalized spacial score (nSPS) is 10.8. The second-order valence-corrected chi connectivity index (χ2v) is 4.48. The Morgan fingerprint density at radius 3 is 2.62 bits per heavy atom. The Hall–Kier alpha value is -2.35. The lowest BCUT2D eigenvalue weighted by atomic mass is 10.3. The molecule has 2 rings (SSSR count). The number of aryl methyl sites for hydroxylation is 1. The summed E-state index contributed by atoms with van der Waals surface area (Å²) in [6.45, 7) is 2.31. The number of carbonyl (C=O) groups is 1. The van der Waals surface area contributed by atoms with Gasteiger partial charge in [-0.2, -0.15) is 0 Å². The highest BCUT2D eigenvalue weighted by atomic mass is 16.5. The Morgan fingerprint density at radius 1 is 1.19 bits per heavy atom. The maximum atomic E-state index is 10.8. The smallest absolute Gasteiger partial charge is 0.354 e. The lowest BCUT2D eigenvalue weighted by molar-refractivity contribution is -0.148. The number of hydroxylamine groups is 1. The van der Waals surface area contributed by atoms with Crippen molar-refractivity contribution in [3.05, 3.63) is 59.2 Å². The molecule has 2 aromatic heterocycles. The minimum atomic E-state index is -1.10. The topological polar surface area (TPSA) is 98.6 Å². The van der Waals surface area contributed by atoms with Gasteiger partial charge in [0.1, 0.15) is 5.69 Å². The Kier molecular flexibility index (Phi) is 4.94. The van der Waals surface area contributed by atoms with Crippen molar-refractivity contribution in [2.75, 3.05) is 0 Å². The Morgan fingerprint density at radius 2 is 1.90 bits per heavy atom. The fraction of sp³-hybridized carbons (Fsp3) is 0.214. The molecule has 110 valence electrons. The molecule has 0 atom stereocenters. The van der Waals surface area contributed by atoms with Crippen molar-refractivity contribution in [2.45, 2.75) is 20.0 Å². The van der Waals surface area contributed by atoms with E-state index in [0.717, 1.165) is 16.6 Å². The third-order valence-electron chi connectivity index (χ3n) is 2.73. The first-order chi connectivity index (χ1) is 10.0. The zero-order valence-corrected chi connectivity index (χ0v) is 11.5. The van der Waals surface area contributed by atoms with Crippen LogP contribution in [0.2, 0.25) is 0 Å². The Bertz CT molecular complexity index is 633. The molecule has 0 aliphatic carbocycles. The zero-order chi connectivity index (χ0) is 15.2. The number of rotatable bonds is 6. The maximum Gasteiger partial charge on any atom is 0.354 e. The van der Waals surface area contributed by atoms with Crippen LogP contribution in [-0.4, -0.2) is 31.4 Å². The number of aromatic carboxylic acids is 1. The Labute approximate surface area is 121 Å². The van der Waals surface area contributed by atoms with Gasteiger partial charge >= 0.3 is 5.97 Å². The van der Waals surface area contributed by atoms with Gasteiger partial charge < -0.3 is 5.11 Å². The van der Waals surface area contributed by atoms with Crippen LogP contribution in [0.1, 0.15) is 27.6 Å². The maximum absolute atomic E-state index is 10.8. The van der Waals surface area contributed by atoms with Gasteiger partial charge in [0.05, 0.1) is 24.5 Å². The predicted molar refractivity (Wildman–Crippen MR) is 74.3 cm³/mol. The molecule has 2 aromatic rings. The van der Waals surface area contributed by atoms with Gasteiger partial charge in [0.2, 0.25) is 0 Å². The summed E-state index contributed by atoms with van der Waals surface area (Å²) in [5.41, 5.74) is 4.84. The third-order valence-corrected chi connectivity index (χ3v) is 2.73. The summed E-state index contributed by atoms with van der Waals surface area (Å²) in [4.78, 5) is 19.0. The van der Waals surface area contributed by atoms with Crippen LogP contribution in [0.15, 0.2) is 36.4 Å². The summed E-state index contributed by atoms with van der Waals surface area (Å²) < 4.78 is 0. The van der Waals surface area contributed by atoms with Crippen molar-refractivity contribution in [3.63, 3.8) is 0 Å². The van der Waals surface area contributed by atoms with Crippen molar-refractivity contribution in [1.29, 1.82) is 0 Å². The fourth-order valence-electron chi connectivity index (χ4n) is 1.77. The molecular weight excluding hydrogens is 272 g/mol.